The first-order chi connectivity index (χ1) is 11.7. The standard InChI is InChI=1S/C19H34N2O4/c1-13(2)16-12-24-11-10-21(16)17(22)14-6-8-15(9-7-14)20-18(23)25-19(3,4)5/h13-16H,6-12H2,1-5H3,(H,20,23)/t14-,15-,16-/m1/s1. The van der Waals surface area contributed by atoms with Gasteiger partial charge in [-0.3, -0.25) is 4.79 Å². The average Bonchev–Trinajstić information content (AvgIpc) is 2.53. The molecule has 6 nitrogen and oxygen atoms in total. The van der Waals surface area contributed by atoms with Crippen LogP contribution in [0.25, 0.3) is 0 Å². The molecule has 2 rings (SSSR count). The fourth-order valence-corrected chi connectivity index (χ4v) is 3.64. The van der Waals surface area contributed by atoms with Gasteiger partial charge in [-0.1, -0.05) is 13.8 Å². The van der Waals surface area contributed by atoms with Gasteiger partial charge < -0.3 is 19.7 Å². The molecule has 0 spiro atoms. The molecule has 0 radical (unpaired) electrons. The molecule has 2 fully saturated rings. The molecule has 144 valence electrons. The molecule has 0 aromatic rings. The molecule has 0 aromatic carbocycles. The molecule has 1 N–H and O–H groups in total. The summed E-state index contributed by atoms with van der Waals surface area (Å²) in [7, 11) is 0. The molecule has 1 heterocycles. The Balaban J connectivity index is 1.83. The SMILES string of the molecule is CC(C)[C@H]1COCCN1C(=O)[C@H]1CC[C@H](NC(=O)OC(C)(C)C)CC1. The number of hydrogen-bond acceptors (Lipinski definition) is 4. The van der Waals surface area contributed by atoms with Crippen molar-refractivity contribution in [2.75, 3.05) is 19.8 Å². The van der Waals surface area contributed by atoms with Gasteiger partial charge in [0.15, 0.2) is 0 Å². The van der Waals surface area contributed by atoms with Gasteiger partial charge in [0.05, 0.1) is 19.3 Å². The van der Waals surface area contributed by atoms with Gasteiger partial charge >= 0.3 is 6.09 Å². The Kier molecular flexibility index (Phi) is 6.72. The molecule has 1 saturated heterocycles. The van der Waals surface area contributed by atoms with Crippen molar-refractivity contribution in [2.45, 2.75) is 78.0 Å². The molecule has 6 heteroatoms. The van der Waals surface area contributed by atoms with Crippen molar-refractivity contribution < 1.29 is 19.1 Å². The van der Waals surface area contributed by atoms with Crippen molar-refractivity contribution >= 4 is 12.0 Å². The zero-order valence-corrected chi connectivity index (χ0v) is 16.3. The Morgan fingerprint density at radius 2 is 1.80 bits per heavy atom. The third kappa shape index (κ3) is 5.87. The minimum atomic E-state index is -0.487. The Hall–Kier alpha value is -1.30. The lowest BCUT2D eigenvalue weighted by Gasteiger charge is -2.41. The van der Waals surface area contributed by atoms with Gasteiger partial charge in [0, 0.05) is 18.5 Å². The average molecular weight is 354 g/mol. The van der Waals surface area contributed by atoms with E-state index < -0.39 is 5.60 Å². The molecular weight excluding hydrogens is 320 g/mol. The van der Waals surface area contributed by atoms with Crippen LogP contribution < -0.4 is 5.32 Å². The van der Waals surface area contributed by atoms with E-state index in [0.717, 1.165) is 25.7 Å². The zero-order valence-electron chi connectivity index (χ0n) is 16.3. The molecule has 1 saturated carbocycles. The van der Waals surface area contributed by atoms with E-state index in [-0.39, 0.29) is 30.0 Å². The molecule has 0 unspecified atom stereocenters. The quantitative estimate of drug-likeness (QED) is 0.846. The van der Waals surface area contributed by atoms with Crippen LogP contribution in [0.3, 0.4) is 0 Å². The number of nitrogens with zero attached hydrogens (tertiary/aromatic N) is 1. The molecule has 1 aliphatic carbocycles. The first-order valence-electron chi connectivity index (χ1n) is 9.55. The summed E-state index contributed by atoms with van der Waals surface area (Å²) in [5.74, 6) is 0.725. The first-order valence-corrected chi connectivity index (χ1v) is 9.55. The van der Waals surface area contributed by atoms with Crippen LogP contribution in [0.15, 0.2) is 0 Å². The topological polar surface area (TPSA) is 67.9 Å². The van der Waals surface area contributed by atoms with E-state index in [0.29, 0.717) is 25.7 Å². The van der Waals surface area contributed by atoms with Crippen LogP contribution in [0.2, 0.25) is 0 Å². The third-order valence-electron chi connectivity index (χ3n) is 5.02. The summed E-state index contributed by atoms with van der Waals surface area (Å²) in [6, 6.07) is 0.281. The van der Waals surface area contributed by atoms with Crippen molar-refractivity contribution in [3.63, 3.8) is 0 Å². The molecule has 2 aliphatic rings. The molecule has 1 aliphatic heterocycles. The summed E-state index contributed by atoms with van der Waals surface area (Å²) >= 11 is 0. The van der Waals surface area contributed by atoms with Crippen molar-refractivity contribution in [1.82, 2.24) is 10.2 Å². The maximum Gasteiger partial charge on any atom is 0.407 e. The van der Waals surface area contributed by atoms with Crippen LogP contribution >= 0.6 is 0 Å². The number of rotatable bonds is 3. The highest BCUT2D eigenvalue weighted by Gasteiger charge is 2.35. The first kappa shape index (κ1) is 20.0. The highest BCUT2D eigenvalue weighted by atomic mass is 16.6. The highest BCUT2D eigenvalue weighted by Crippen LogP contribution is 2.28. The predicted octanol–water partition coefficient (Wildman–Crippen LogP) is 2.95. The van der Waals surface area contributed by atoms with Crippen molar-refractivity contribution in [2.24, 2.45) is 11.8 Å². The number of hydrogen-bond donors (Lipinski definition) is 1. The predicted molar refractivity (Wildman–Crippen MR) is 96.3 cm³/mol. The summed E-state index contributed by atoms with van der Waals surface area (Å²) in [5.41, 5.74) is -0.487. The van der Waals surface area contributed by atoms with Crippen LogP contribution in [0.5, 0.6) is 0 Å². The summed E-state index contributed by atoms with van der Waals surface area (Å²) < 4.78 is 10.9. The van der Waals surface area contributed by atoms with Gasteiger partial charge in [-0.25, -0.2) is 4.79 Å². The van der Waals surface area contributed by atoms with E-state index >= 15 is 0 Å². The number of carbonyl (C=O) groups is 2. The Morgan fingerprint density at radius 3 is 2.36 bits per heavy atom. The van der Waals surface area contributed by atoms with E-state index in [1.54, 1.807) is 0 Å². The number of amides is 2. The smallest absolute Gasteiger partial charge is 0.407 e. The second-order valence-corrected chi connectivity index (χ2v) is 8.61. The minimum Gasteiger partial charge on any atom is -0.444 e. The van der Waals surface area contributed by atoms with E-state index in [1.807, 2.05) is 25.7 Å². The van der Waals surface area contributed by atoms with Crippen LogP contribution in [0.4, 0.5) is 4.79 Å². The Morgan fingerprint density at radius 1 is 1.16 bits per heavy atom. The second kappa shape index (κ2) is 8.39. The molecular formula is C19H34N2O4. The maximum absolute atomic E-state index is 12.9. The van der Waals surface area contributed by atoms with Gasteiger partial charge in [0.1, 0.15) is 5.60 Å². The normalized spacial score (nSPS) is 27.9. The van der Waals surface area contributed by atoms with Gasteiger partial charge in [0.25, 0.3) is 0 Å². The number of ether oxygens (including phenoxy) is 2. The van der Waals surface area contributed by atoms with Crippen molar-refractivity contribution in [3.05, 3.63) is 0 Å². The summed E-state index contributed by atoms with van der Waals surface area (Å²) in [4.78, 5) is 26.9. The monoisotopic (exact) mass is 354 g/mol. The molecule has 0 bridgehead atoms. The van der Waals surface area contributed by atoms with Gasteiger partial charge in [-0.15, -0.1) is 0 Å². The van der Waals surface area contributed by atoms with E-state index in [2.05, 4.69) is 19.2 Å². The summed E-state index contributed by atoms with van der Waals surface area (Å²) in [6.07, 6.45) is 2.93. The summed E-state index contributed by atoms with van der Waals surface area (Å²) in [5, 5.41) is 2.94. The van der Waals surface area contributed by atoms with E-state index in [9.17, 15) is 9.59 Å². The van der Waals surface area contributed by atoms with Crippen LogP contribution in [0.1, 0.15) is 60.3 Å². The Bertz CT molecular complexity index is 465. The van der Waals surface area contributed by atoms with Gasteiger partial charge in [-0.2, -0.15) is 0 Å². The highest BCUT2D eigenvalue weighted by molar-refractivity contribution is 5.79. The largest absolute Gasteiger partial charge is 0.444 e. The van der Waals surface area contributed by atoms with Crippen LogP contribution in [0, 0.1) is 11.8 Å². The van der Waals surface area contributed by atoms with Crippen LogP contribution in [-0.2, 0) is 14.3 Å². The fraction of sp³-hybridized carbons (Fsp3) is 0.895. The molecule has 2 amide bonds. The Labute approximate surface area is 151 Å². The lowest BCUT2D eigenvalue weighted by atomic mass is 9.84. The zero-order chi connectivity index (χ0) is 18.6. The minimum absolute atomic E-state index is 0.0658. The maximum atomic E-state index is 12.9. The number of carbonyl (C=O) groups excluding carboxylic acids is 2. The second-order valence-electron chi connectivity index (χ2n) is 8.61. The lowest BCUT2D eigenvalue weighted by Crippen LogP contribution is -2.53. The van der Waals surface area contributed by atoms with Crippen LogP contribution in [-0.4, -0.2) is 54.3 Å². The molecule has 25 heavy (non-hydrogen) atoms. The van der Waals surface area contributed by atoms with Crippen molar-refractivity contribution in [1.29, 1.82) is 0 Å². The van der Waals surface area contributed by atoms with E-state index in [4.69, 9.17) is 9.47 Å². The van der Waals surface area contributed by atoms with E-state index in [1.165, 1.54) is 0 Å². The third-order valence-corrected chi connectivity index (χ3v) is 5.02. The number of morpholine rings is 1. The molecule has 0 aromatic heterocycles. The fourth-order valence-electron chi connectivity index (χ4n) is 3.64. The number of nitrogens with one attached hydrogen (secondary N) is 1. The lowest BCUT2D eigenvalue weighted by molar-refractivity contribution is -0.147. The number of alkyl carbamates (subject to hydrolysis) is 1. The summed E-state index contributed by atoms with van der Waals surface area (Å²) in [6.45, 7) is 11.8. The van der Waals surface area contributed by atoms with Crippen molar-refractivity contribution in [3.8, 4) is 0 Å². The van der Waals surface area contributed by atoms with Gasteiger partial charge in [0.2, 0.25) is 5.91 Å². The molecule has 1 atom stereocenters. The van der Waals surface area contributed by atoms with Gasteiger partial charge in [-0.05, 0) is 52.4 Å².